The van der Waals surface area contributed by atoms with Gasteiger partial charge in [0, 0.05) is 24.9 Å². The molecule has 0 aliphatic carbocycles. The molecule has 1 aromatic rings. The average Bonchev–Trinajstić information content (AvgIpc) is 2.53. The van der Waals surface area contributed by atoms with Gasteiger partial charge in [-0.25, -0.2) is 0 Å². The van der Waals surface area contributed by atoms with Crippen LogP contribution in [0.5, 0.6) is 0 Å². The van der Waals surface area contributed by atoms with Crippen molar-refractivity contribution in [2.75, 3.05) is 19.7 Å². The molecule has 110 valence electrons. The molecule has 1 unspecified atom stereocenters. The zero-order valence-electron chi connectivity index (χ0n) is 12.3. The maximum atomic E-state index is 12.3. The monoisotopic (exact) mass is 275 g/mol. The molecule has 3 nitrogen and oxygen atoms in total. The summed E-state index contributed by atoms with van der Waals surface area (Å²) in [5.74, 6) is 0.222. The minimum Gasteiger partial charge on any atom is -0.396 e. The molecule has 0 radical (unpaired) electrons. The highest BCUT2D eigenvalue weighted by molar-refractivity contribution is 5.76. The summed E-state index contributed by atoms with van der Waals surface area (Å²) < 4.78 is 0. The molecule has 1 atom stereocenters. The van der Waals surface area contributed by atoms with E-state index in [4.69, 9.17) is 0 Å². The maximum Gasteiger partial charge on any atom is 0.222 e. The number of aliphatic hydroxyl groups is 1. The Kier molecular flexibility index (Phi) is 5.18. The van der Waals surface area contributed by atoms with E-state index in [-0.39, 0.29) is 17.9 Å². The van der Waals surface area contributed by atoms with Crippen molar-refractivity contribution in [1.82, 2.24) is 4.90 Å². The molecule has 1 aliphatic rings. The zero-order valence-corrected chi connectivity index (χ0v) is 12.3. The summed E-state index contributed by atoms with van der Waals surface area (Å²) in [6.45, 7) is 3.85. The normalized spacial score (nSPS) is 22.8. The number of carbonyl (C=O) groups is 1. The van der Waals surface area contributed by atoms with Crippen LogP contribution in [0.15, 0.2) is 30.3 Å². The molecule has 1 amide bonds. The number of aliphatic hydroxyl groups excluding tert-OH is 1. The van der Waals surface area contributed by atoms with Gasteiger partial charge in [-0.2, -0.15) is 0 Å². The molecule has 1 aliphatic heterocycles. The van der Waals surface area contributed by atoms with Crippen LogP contribution in [0.25, 0.3) is 0 Å². The van der Waals surface area contributed by atoms with E-state index in [0.29, 0.717) is 13.0 Å². The van der Waals surface area contributed by atoms with Gasteiger partial charge in [0.05, 0.1) is 6.61 Å². The number of benzene rings is 1. The number of aryl methyl sites for hydroxylation is 1. The number of amides is 1. The first-order chi connectivity index (χ1) is 9.69. The van der Waals surface area contributed by atoms with Crippen LogP contribution < -0.4 is 0 Å². The Morgan fingerprint density at radius 1 is 1.35 bits per heavy atom. The summed E-state index contributed by atoms with van der Waals surface area (Å²) in [7, 11) is 0. The first-order valence-electron chi connectivity index (χ1n) is 7.62. The third kappa shape index (κ3) is 3.60. The van der Waals surface area contributed by atoms with Crippen LogP contribution in [0.4, 0.5) is 0 Å². The Labute approximate surface area is 121 Å². The lowest BCUT2D eigenvalue weighted by molar-refractivity contribution is -0.135. The minimum atomic E-state index is -0.0688. The van der Waals surface area contributed by atoms with Crippen molar-refractivity contribution in [3.05, 3.63) is 35.9 Å². The van der Waals surface area contributed by atoms with Crippen molar-refractivity contribution in [3.8, 4) is 0 Å². The van der Waals surface area contributed by atoms with Crippen LogP contribution in [-0.2, 0) is 11.2 Å². The fourth-order valence-corrected chi connectivity index (χ4v) is 3.00. The van der Waals surface area contributed by atoms with E-state index >= 15 is 0 Å². The number of hydrogen-bond donors (Lipinski definition) is 1. The number of piperidine rings is 1. The Hall–Kier alpha value is -1.35. The predicted molar refractivity (Wildman–Crippen MR) is 80.4 cm³/mol. The highest BCUT2D eigenvalue weighted by Gasteiger charge is 2.34. The highest BCUT2D eigenvalue weighted by atomic mass is 16.3. The third-order valence-electron chi connectivity index (χ3n) is 4.57. The standard InChI is InChI=1S/C17H25NO2/c1-2-17(14-19)11-6-12-18(13-17)16(20)10-9-15-7-4-3-5-8-15/h3-5,7-8,19H,2,6,9-14H2,1H3. The van der Waals surface area contributed by atoms with Crippen molar-refractivity contribution >= 4 is 5.91 Å². The molecule has 2 rings (SSSR count). The molecule has 0 saturated carbocycles. The van der Waals surface area contributed by atoms with Gasteiger partial charge in [-0.3, -0.25) is 4.79 Å². The van der Waals surface area contributed by atoms with Crippen LogP contribution in [0, 0.1) is 5.41 Å². The number of rotatable bonds is 5. The van der Waals surface area contributed by atoms with Crippen LogP contribution in [0.2, 0.25) is 0 Å². The van der Waals surface area contributed by atoms with Crippen LogP contribution in [0.3, 0.4) is 0 Å². The molecule has 1 heterocycles. The number of likely N-dealkylation sites (tertiary alicyclic amines) is 1. The van der Waals surface area contributed by atoms with Crippen LogP contribution in [0.1, 0.15) is 38.2 Å². The molecule has 1 saturated heterocycles. The van der Waals surface area contributed by atoms with Gasteiger partial charge in [0.1, 0.15) is 0 Å². The Bertz CT molecular complexity index is 426. The van der Waals surface area contributed by atoms with Gasteiger partial charge < -0.3 is 10.0 Å². The molecule has 0 spiro atoms. The van der Waals surface area contributed by atoms with E-state index in [9.17, 15) is 9.90 Å². The van der Waals surface area contributed by atoms with Crippen LogP contribution in [-0.4, -0.2) is 35.6 Å². The number of carbonyl (C=O) groups excluding carboxylic acids is 1. The minimum absolute atomic E-state index is 0.0688. The van der Waals surface area contributed by atoms with E-state index < -0.39 is 0 Å². The zero-order chi connectivity index (χ0) is 14.4. The smallest absolute Gasteiger partial charge is 0.222 e. The summed E-state index contributed by atoms with van der Waals surface area (Å²) in [6.07, 6.45) is 4.34. The summed E-state index contributed by atoms with van der Waals surface area (Å²) >= 11 is 0. The van der Waals surface area contributed by atoms with Gasteiger partial charge in [0.15, 0.2) is 0 Å². The maximum absolute atomic E-state index is 12.3. The SMILES string of the molecule is CCC1(CO)CCCN(C(=O)CCc2ccccc2)C1. The first kappa shape index (κ1) is 15.0. The van der Waals surface area contributed by atoms with E-state index in [1.807, 2.05) is 23.1 Å². The summed E-state index contributed by atoms with van der Waals surface area (Å²) in [6, 6.07) is 10.1. The molecule has 0 bridgehead atoms. The fourth-order valence-electron chi connectivity index (χ4n) is 3.00. The van der Waals surface area contributed by atoms with E-state index in [1.54, 1.807) is 0 Å². The lowest BCUT2D eigenvalue weighted by Gasteiger charge is -2.41. The number of nitrogens with zero attached hydrogens (tertiary/aromatic N) is 1. The quantitative estimate of drug-likeness (QED) is 0.897. The Balaban J connectivity index is 1.89. The summed E-state index contributed by atoms with van der Waals surface area (Å²) in [4.78, 5) is 14.3. The van der Waals surface area contributed by atoms with Crippen molar-refractivity contribution < 1.29 is 9.90 Å². The van der Waals surface area contributed by atoms with Crippen molar-refractivity contribution in [2.24, 2.45) is 5.41 Å². The first-order valence-corrected chi connectivity index (χ1v) is 7.62. The van der Waals surface area contributed by atoms with Gasteiger partial charge in [-0.15, -0.1) is 0 Å². The van der Waals surface area contributed by atoms with Crippen molar-refractivity contribution in [1.29, 1.82) is 0 Å². The fraction of sp³-hybridized carbons (Fsp3) is 0.588. The largest absolute Gasteiger partial charge is 0.396 e. The van der Waals surface area contributed by atoms with Gasteiger partial charge in [0.25, 0.3) is 0 Å². The molecule has 1 fully saturated rings. The molecule has 1 aromatic carbocycles. The predicted octanol–water partition coefficient (Wildman–Crippen LogP) is 2.63. The second kappa shape index (κ2) is 6.89. The molecular weight excluding hydrogens is 250 g/mol. The molecule has 1 N–H and O–H groups in total. The highest BCUT2D eigenvalue weighted by Crippen LogP contribution is 2.33. The lowest BCUT2D eigenvalue weighted by Crippen LogP contribution is -2.47. The second-order valence-electron chi connectivity index (χ2n) is 5.92. The van der Waals surface area contributed by atoms with Crippen LogP contribution >= 0.6 is 0 Å². The van der Waals surface area contributed by atoms with Gasteiger partial charge in [-0.05, 0) is 31.2 Å². The van der Waals surface area contributed by atoms with Crippen molar-refractivity contribution in [2.45, 2.75) is 39.0 Å². The molecule has 3 heteroatoms. The average molecular weight is 275 g/mol. The molecule has 20 heavy (non-hydrogen) atoms. The van der Waals surface area contributed by atoms with Gasteiger partial charge in [0.2, 0.25) is 5.91 Å². The summed E-state index contributed by atoms with van der Waals surface area (Å²) in [5, 5.41) is 9.61. The van der Waals surface area contributed by atoms with E-state index in [1.165, 1.54) is 5.56 Å². The van der Waals surface area contributed by atoms with Gasteiger partial charge >= 0.3 is 0 Å². The molecule has 0 aromatic heterocycles. The van der Waals surface area contributed by atoms with Gasteiger partial charge in [-0.1, -0.05) is 37.3 Å². The van der Waals surface area contributed by atoms with E-state index in [0.717, 1.165) is 32.2 Å². The Morgan fingerprint density at radius 2 is 2.10 bits per heavy atom. The summed E-state index contributed by atoms with van der Waals surface area (Å²) in [5.41, 5.74) is 1.14. The molecular formula is C17H25NO2. The lowest BCUT2D eigenvalue weighted by atomic mass is 9.78. The third-order valence-corrected chi connectivity index (χ3v) is 4.57. The van der Waals surface area contributed by atoms with Crippen molar-refractivity contribution in [3.63, 3.8) is 0 Å². The van der Waals surface area contributed by atoms with E-state index in [2.05, 4.69) is 19.1 Å². The number of hydrogen-bond acceptors (Lipinski definition) is 2. The second-order valence-corrected chi connectivity index (χ2v) is 5.92. The Morgan fingerprint density at radius 3 is 2.75 bits per heavy atom. The topological polar surface area (TPSA) is 40.5 Å².